The second kappa shape index (κ2) is 8.48. The lowest BCUT2D eigenvalue weighted by Crippen LogP contribution is -2.47. The molecular weight excluding hydrogens is 328 g/mol. The molecule has 1 saturated heterocycles. The molecule has 24 heavy (non-hydrogen) atoms. The van der Waals surface area contributed by atoms with Crippen LogP contribution in [0.15, 0.2) is 29.2 Å². The zero-order valence-electron chi connectivity index (χ0n) is 14.3. The summed E-state index contributed by atoms with van der Waals surface area (Å²) in [6, 6.07) is 6.41. The third kappa shape index (κ3) is 5.49. The molecule has 1 heterocycles. The van der Waals surface area contributed by atoms with Gasteiger partial charge in [-0.2, -0.15) is 0 Å². The number of benzene rings is 1. The third-order valence-electron chi connectivity index (χ3n) is 4.12. The highest BCUT2D eigenvalue weighted by Gasteiger charge is 2.23. The van der Waals surface area contributed by atoms with Crippen molar-refractivity contribution in [2.45, 2.75) is 36.6 Å². The lowest BCUT2D eigenvalue weighted by Gasteiger charge is -2.27. The molecule has 1 N–H and O–H groups in total. The van der Waals surface area contributed by atoms with Crippen LogP contribution >= 0.6 is 0 Å². The zero-order valence-corrected chi connectivity index (χ0v) is 15.1. The summed E-state index contributed by atoms with van der Waals surface area (Å²) in [6.07, 6.45) is 4.99. The maximum Gasteiger partial charge on any atom is 0.239 e. The van der Waals surface area contributed by atoms with Gasteiger partial charge < -0.3 is 15.0 Å². The minimum Gasteiger partial charge on any atom is -0.493 e. The van der Waals surface area contributed by atoms with Gasteiger partial charge in [-0.3, -0.25) is 4.79 Å². The molecular formula is C17H26N2O4S. The highest BCUT2D eigenvalue weighted by Crippen LogP contribution is 2.17. The van der Waals surface area contributed by atoms with Crippen LogP contribution in [-0.4, -0.2) is 58.3 Å². The van der Waals surface area contributed by atoms with Gasteiger partial charge in [0.2, 0.25) is 5.91 Å². The van der Waals surface area contributed by atoms with Crippen LogP contribution in [0.4, 0.5) is 0 Å². The fourth-order valence-electron chi connectivity index (χ4n) is 2.73. The van der Waals surface area contributed by atoms with E-state index in [0.29, 0.717) is 25.3 Å². The molecule has 0 spiro atoms. The van der Waals surface area contributed by atoms with Crippen molar-refractivity contribution < 1.29 is 17.9 Å². The second-order valence-electron chi connectivity index (χ2n) is 6.21. The molecule has 1 aromatic carbocycles. The van der Waals surface area contributed by atoms with Gasteiger partial charge >= 0.3 is 0 Å². The smallest absolute Gasteiger partial charge is 0.239 e. The second-order valence-corrected chi connectivity index (χ2v) is 8.23. The Bertz CT molecular complexity index is 654. The number of carbonyl (C=O) groups excluding carboxylic acids is 1. The molecule has 0 saturated carbocycles. The van der Waals surface area contributed by atoms with E-state index in [2.05, 4.69) is 5.32 Å². The number of ether oxygens (including phenoxy) is 1. The summed E-state index contributed by atoms with van der Waals surface area (Å²) in [5.41, 5.74) is 0. The number of likely N-dealkylation sites (N-methyl/N-ethyl adjacent to an activating group) is 1. The van der Waals surface area contributed by atoms with Crippen molar-refractivity contribution in [3.63, 3.8) is 0 Å². The summed E-state index contributed by atoms with van der Waals surface area (Å²) >= 11 is 0. The van der Waals surface area contributed by atoms with Crippen molar-refractivity contribution in [2.75, 3.05) is 33.0 Å². The van der Waals surface area contributed by atoms with Crippen LogP contribution in [0.5, 0.6) is 5.75 Å². The summed E-state index contributed by atoms with van der Waals surface area (Å²) in [7, 11) is -1.42. The van der Waals surface area contributed by atoms with Gasteiger partial charge in [0.25, 0.3) is 0 Å². The maximum absolute atomic E-state index is 12.3. The van der Waals surface area contributed by atoms with Gasteiger partial charge in [-0.05, 0) is 44.0 Å². The van der Waals surface area contributed by atoms with Gasteiger partial charge in [0.15, 0.2) is 9.84 Å². The van der Waals surface area contributed by atoms with Crippen LogP contribution < -0.4 is 10.1 Å². The highest BCUT2D eigenvalue weighted by molar-refractivity contribution is 7.90. The first-order chi connectivity index (χ1) is 11.4. The van der Waals surface area contributed by atoms with Crippen molar-refractivity contribution in [2.24, 2.45) is 0 Å². The number of hydrogen-bond acceptors (Lipinski definition) is 5. The molecule has 0 bridgehead atoms. The Morgan fingerprint density at radius 3 is 2.83 bits per heavy atom. The summed E-state index contributed by atoms with van der Waals surface area (Å²) in [5, 5.41) is 3.26. The Hall–Kier alpha value is -1.60. The monoisotopic (exact) mass is 354 g/mol. The van der Waals surface area contributed by atoms with E-state index in [0.717, 1.165) is 25.8 Å². The van der Waals surface area contributed by atoms with Gasteiger partial charge in [0.05, 0.1) is 17.5 Å². The number of piperidine rings is 1. The zero-order chi connectivity index (χ0) is 17.6. The van der Waals surface area contributed by atoms with E-state index in [4.69, 9.17) is 4.74 Å². The van der Waals surface area contributed by atoms with E-state index < -0.39 is 9.84 Å². The molecule has 1 aromatic rings. The molecule has 1 unspecified atom stereocenters. The molecule has 0 aromatic heterocycles. The first kappa shape index (κ1) is 18.7. The minimum absolute atomic E-state index is 0.0592. The number of nitrogens with zero attached hydrogens (tertiary/aromatic N) is 1. The summed E-state index contributed by atoms with van der Waals surface area (Å²) < 4.78 is 28.6. The predicted molar refractivity (Wildman–Crippen MR) is 92.9 cm³/mol. The van der Waals surface area contributed by atoms with Crippen LogP contribution in [0.2, 0.25) is 0 Å². The van der Waals surface area contributed by atoms with Gasteiger partial charge in [0.1, 0.15) is 5.75 Å². The van der Waals surface area contributed by atoms with Crippen molar-refractivity contribution in [1.82, 2.24) is 10.2 Å². The largest absolute Gasteiger partial charge is 0.493 e. The lowest BCUT2D eigenvalue weighted by atomic mass is 10.0. The molecule has 1 aliphatic rings. The Kier molecular flexibility index (Phi) is 6.62. The summed E-state index contributed by atoms with van der Waals surface area (Å²) in [4.78, 5) is 14.3. The maximum atomic E-state index is 12.3. The van der Waals surface area contributed by atoms with Gasteiger partial charge in [-0.1, -0.05) is 12.5 Å². The topological polar surface area (TPSA) is 75.7 Å². The molecule has 7 heteroatoms. The molecule has 1 aliphatic heterocycles. The lowest BCUT2D eigenvalue weighted by molar-refractivity contribution is -0.132. The standard InChI is InChI=1S/C17H26N2O4S/c1-19(17(20)16-9-3-4-10-18-16)11-6-12-23-14-7-5-8-15(13-14)24(2,21)22/h5,7-8,13,16,18H,3-4,6,9-12H2,1-2H3. The Morgan fingerprint density at radius 1 is 1.38 bits per heavy atom. The number of carbonyl (C=O) groups is 1. The average Bonchev–Trinajstić information content (AvgIpc) is 2.58. The number of hydrogen-bond donors (Lipinski definition) is 1. The van der Waals surface area contributed by atoms with E-state index in [1.807, 2.05) is 7.05 Å². The molecule has 134 valence electrons. The highest BCUT2D eigenvalue weighted by atomic mass is 32.2. The molecule has 6 nitrogen and oxygen atoms in total. The minimum atomic E-state index is -3.23. The van der Waals surface area contributed by atoms with Crippen molar-refractivity contribution >= 4 is 15.7 Å². The molecule has 1 atom stereocenters. The quantitative estimate of drug-likeness (QED) is 0.750. The molecule has 1 amide bonds. The Balaban J connectivity index is 1.75. The summed E-state index contributed by atoms with van der Waals surface area (Å²) in [5.74, 6) is 0.662. The van der Waals surface area contributed by atoms with Crippen LogP contribution in [-0.2, 0) is 14.6 Å². The SMILES string of the molecule is CN(CCCOc1cccc(S(C)(=O)=O)c1)C(=O)C1CCCCN1. The van der Waals surface area contributed by atoms with Crippen LogP contribution in [0.1, 0.15) is 25.7 Å². The number of rotatable bonds is 7. The van der Waals surface area contributed by atoms with E-state index in [1.54, 1.807) is 23.1 Å². The van der Waals surface area contributed by atoms with Gasteiger partial charge in [-0.15, -0.1) is 0 Å². The Morgan fingerprint density at radius 2 is 2.17 bits per heavy atom. The molecule has 0 aliphatic carbocycles. The van der Waals surface area contributed by atoms with E-state index in [-0.39, 0.29) is 16.8 Å². The van der Waals surface area contributed by atoms with Crippen LogP contribution in [0, 0.1) is 0 Å². The summed E-state index contributed by atoms with van der Waals surface area (Å²) in [6.45, 7) is 1.95. The van der Waals surface area contributed by atoms with Crippen LogP contribution in [0.3, 0.4) is 0 Å². The normalized spacial score (nSPS) is 18.2. The number of sulfone groups is 1. The molecule has 1 fully saturated rings. The molecule has 0 radical (unpaired) electrons. The number of nitrogens with one attached hydrogen (secondary N) is 1. The Labute approximate surface area is 144 Å². The fourth-order valence-corrected chi connectivity index (χ4v) is 3.38. The van der Waals surface area contributed by atoms with Crippen molar-refractivity contribution in [3.05, 3.63) is 24.3 Å². The van der Waals surface area contributed by atoms with Crippen molar-refractivity contribution in [1.29, 1.82) is 0 Å². The first-order valence-electron chi connectivity index (χ1n) is 8.29. The van der Waals surface area contributed by atoms with Gasteiger partial charge in [-0.25, -0.2) is 8.42 Å². The van der Waals surface area contributed by atoms with Crippen molar-refractivity contribution in [3.8, 4) is 5.75 Å². The fraction of sp³-hybridized carbons (Fsp3) is 0.588. The van der Waals surface area contributed by atoms with Gasteiger partial charge in [0, 0.05) is 19.8 Å². The predicted octanol–water partition coefficient (Wildman–Crippen LogP) is 1.46. The molecule has 2 rings (SSSR count). The average molecular weight is 354 g/mol. The van der Waals surface area contributed by atoms with Crippen LogP contribution in [0.25, 0.3) is 0 Å². The first-order valence-corrected chi connectivity index (χ1v) is 10.2. The van der Waals surface area contributed by atoms with E-state index in [1.165, 1.54) is 12.3 Å². The number of amides is 1. The van der Waals surface area contributed by atoms with E-state index >= 15 is 0 Å². The third-order valence-corrected chi connectivity index (χ3v) is 5.24. The van der Waals surface area contributed by atoms with E-state index in [9.17, 15) is 13.2 Å².